The summed E-state index contributed by atoms with van der Waals surface area (Å²) in [6.07, 6.45) is -1.90. The third kappa shape index (κ3) is 5.88. The van der Waals surface area contributed by atoms with E-state index in [1.165, 1.54) is 4.57 Å². The number of nitrogens with two attached hydrogens (primary N) is 1. The quantitative estimate of drug-likeness (QED) is 0.123. The third-order valence-electron chi connectivity index (χ3n) is 6.73. The summed E-state index contributed by atoms with van der Waals surface area (Å²) in [4.78, 5) is 37.1. The van der Waals surface area contributed by atoms with Crippen LogP contribution in [0.3, 0.4) is 0 Å². The number of fused-ring (bicyclic) bond motifs is 3. The smallest absolute Gasteiger partial charge is 0.349 e. The molecule has 0 radical (unpaired) electrons. The summed E-state index contributed by atoms with van der Waals surface area (Å²) in [7, 11) is 0. The molecule has 0 aliphatic carbocycles. The highest BCUT2D eigenvalue weighted by molar-refractivity contribution is 5.84. The normalized spacial score (nSPS) is 13.8. The van der Waals surface area contributed by atoms with Gasteiger partial charge in [0.05, 0.1) is 24.2 Å². The molecule has 3 heterocycles. The van der Waals surface area contributed by atoms with E-state index >= 15 is 0 Å². The Morgan fingerprint density at radius 3 is 2.45 bits per heavy atom. The van der Waals surface area contributed by atoms with Crippen molar-refractivity contribution in [2.45, 2.75) is 45.1 Å². The SMILES string of the molecule is Cc1cc2nc3c(=O)[nH]c(=O)nc-3n(CC(O)C(O)C(O)CO)c2cc1C.NCCc1c[nH]c2ccc(O)cc12. The first-order valence-corrected chi connectivity index (χ1v) is 12.6. The van der Waals surface area contributed by atoms with Crippen LogP contribution in [0.2, 0.25) is 0 Å². The van der Waals surface area contributed by atoms with Gasteiger partial charge in [-0.15, -0.1) is 0 Å². The van der Waals surface area contributed by atoms with E-state index in [-0.39, 0.29) is 18.1 Å². The lowest BCUT2D eigenvalue weighted by atomic mass is 10.1. The number of aliphatic hydroxyl groups excluding tert-OH is 4. The second-order valence-electron chi connectivity index (χ2n) is 9.58. The van der Waals surface area contributed by atoms with Crippen molar-refractivity contribution >= 4 is 21.9 Å². The van der Waals surface area contributed by atoms with E-state index in [1.807, 2.05) is 26.1 Å². The number of phenols is 1. The van der Waals surface area contributed by atoms with Gasteiger partial charge in [0.2, 0.25) is 0 Å². The van der Waals surface area contributed by atoms with Crippen LogP contribution in [0.1, 0.15) is 16.7 Å². The molecule has 3 atom stereocenters. The van der Waals surface area contributed by atoms with Gasteiger partial charge in [-0.1, -0.05) is 0 Å². The number of nitrogens with zero attached hydrogens (tertiary/aromatic N) is 3. The van der Waals surface area contributed by atoms with Crippen molar-refractivity contribution in [2.24, 2.45) is 5.73 Å². The first-order valence-electron chi connectivity index (χ1n) is 12.6. The zero-order valence-corrected chi connectivity index (χ0v) is 22.0. The zero-order valence-electron chi connectivity index (χ0n) is 22.0. The Hall–Kier alpha value is -4.14. The van der Waals surface area contributed by atoms with Gasteiger partial charge >= 0.3 is 5.69 Å². The monoisotopic (exact) mass is 552 g/mol. The highest BCUT2D eigenvalue weighted by atomic mass is 16.4. The van der Waals surface area contributed by atoms with Crippen LogP contribution >= 0.6 is 0 Å². The van der Waals surface area contributed by atoms with Gasteiger partial charge in [-0.3, -0.25) is 9.78 Å². The molecule has 2 aliphatic heterocycles. The summed E-state index contributed by atoms with van der Waals surface area (Å²) in [5.74, 6) is 0.245. The molecule has 13 nitrogen and oxygen atoms in total. The van der Waals surface area contributed by atoms with Crippen molar-refractivity contribution in [1.82, 2.24) is 24.5 Å². The van der Waals surface area contributed by atoms with Crippen LogP contribution in [0, 0.1) is 13.8 Å². The van der Waals surface area contributed by atoms with E-state index in [9.17, 15) is 30.0 Å². The van der Waals surface area contributed by atoms with E-state index in [0.29, 0.717) is 23.3 Å². The highest BCUT2D eigenvalue weighted by Crippen LogP contribution is 2.25. The molecule has 212 valence electrons. The fourth-order valence-corrected chi connectivity index (χ4v) is 4.42. The van der Waals surface area contributed by atoms with E-state index in [4.69, 9.17) is 10.8 Å². The van der Waals surface area contributed by atoms with Crippen molar-refractivity contribution in [3.05, 3.63) is 74.1 Å². The van der Waals surface area contributed by atoms with Crippen LogP contribution in [0.25, 0.3) is 33.5 Å². The number of rotatable bonds is 7. The van der Waals surface area contributed by atoms with Crippen LogP contribution in [0.5, 0.6) is 5.75 Å². The van der Waals surface area contributed by atoms with Crippen molar-refractivity contribution in [3.8, 4) is 17.3 Å². The summed E-state index contributed by atoms with van der Waals surface area (Å²) in [5, 5.41) is 49.2. The number of hydrogen-bond donors (Lipinski definition) is 8. The summed E-state index contributed by atoms with van der Waals surface area (Å²) < 4.78 is 1.40. The topological polar surface area (TPSA) is 224 Å². The molecule has 0 saturated carbocycles. The Labute approximate surface area is 227 Å². The van der Waals surface area contributed by atoms with Gasteiger partial charge in [0, 0.05) is 17.1 Å². The first kappa shape index (κ1) is 28.9. The summed E-state index contributed by atoms with van der Waals surface area (Å²) in [6.45, 7) is 3.36. The second-order valence-corrected chi connectivity index (χ2v) is 9.58. The molecule has 0 fully saturated rings. The van der Waals surface area contributed by atoms with Crippen LogP contribution in [-0.2, 0) is 13.0 Å². The zero-order chi connectivity index (χ0) is 29.1. The van der Waals surface area contributed by atoms with Gasteiger partial charge in [0.1, 0.15) is 24.1 Å². The number of aromatic nitrogens is 5. The Morgan fingerprint density at radius 2 is 1.75 bits per heavy atom. The van der Waals surface area contributed by atoms with Crippen LogP contribution in [0.15, 0.2) is 46.1 Å². The molecule has 0 saturated heterocycles. The molecule has 0 spiro atoms. The number of benzene rings is 2. The molecular weight excluding hydrogens is 520 g/mol. The number of hydrogen-bond acceptors (Lipinski definition) is 10. The highest BCUT2D eigenvalue weighted by Gasteiger charge is 2.27. The van der Waals surface area contributed by atoms with E-state index in [2.05, 4.69) is 19.9 Å². The summed E-state index contributed by atoms with van der Waals surface area (Å²) in [6, 6.07) is 8.83. The number of aromatic amines is 2. The van der Waals surface area contributed by atoms with Crippen LogP contribution in [0.4, 0.5) is 0 Å². The molecule has 5 rings (SSSR count). The molecular formula is C27H32N6O7. The largest absolute Gasteiger partial charge is 0.508 e. The predicted molar refractivity (Wildman–Crippen MR) is 148 cm³/mol. The molecule has 3 unspecified atom stereocenters. The van der Waals surface area contributed by atoms with E-state index in [0.717, 1.165) is 34.0 Å². The summed E-state index contributed by atoms with van der Waals surface area (Å²) in [5.41, 5.74) is 8.79. The Bertz CT molecular complexity index is 1730. The van der Waals surface area contributed by atoms with Crippen molar-refractivity contribution in [2.75, 3.05) is 13.2 Å². The fraction of sp³-hybridized carbons (Fsp3) is 0.333. The number of phenolic OH excluding ortho intramolecular Hbond substituents is 1. The lowest BCUT2D eigenvalue weighted by Gasteiger charge is -2.25. The molecule has 2 aliphatic rings. The predicted octanol–water partition coefficient (Wildman–Crippen LogP) is -0.349. The Kier molecular flexibility index (Phi) is 8.61. The maximum absolute atomic E-state index is 12.2. The molecule has 1 aromatic heterocycles. The molecule has 40 heavy (non-hydrogen) atoms. The molecule has 13 heteroatoms. The third-order valence-corrected chi connectivity index (χ3v) is 6.73. The number of nitrogens with one attached hydrogen (secondary N) is 2. The van der Waals surface area contributed by atoms with Crippen molar-refractivity contribution < 1.29 is 25.5 Å². The minimum absolute atomic E-state index is 0.0516. The van der Waals surface area contributed by atoms with Crippen molar-refractivity contribution in [1.29, 1.82) is 0 Å². The van der Waals surface area contributed by atoms with Crippen LogP contribution in [-0.4, -0.2) is 81.5 Å². The van der Waals surface area contributed by atoms with Gasteiger partial charge in [0.15, 0.2) is 11.5 Å². The molecule has 9 N–H and O–H groups in total. The number of aliphatic hydroxyl groups is 4. The van der Waals surface area contributed by atoms with E-state index in [1.54, 1.807) is 24.3 Å². The summed E-state index contributed by atoms with van der Waals surface area (Å²) >= 11 is 0. The van der Waals surface area contributed by atoms with Gasteiger partial charge in [-0.05, 0) is 73.8 Å². The van der Waals surface area contributed by atoms with Crippen LogP contribution < -0.4 is 17.0 Å². The Balaban J connectivity index is 0.000000236. The first-order chi connectivity index (χ1) is 19.0. The Morgan fingerprint density at radius 1 is 1.02 bits per heavy atom. The number of aryl methyl sites for hydroxylation is 2. The van der Waals surface area contributed by atoms with Crippen molar-refractivity contribution in [3.63, 3.8) is 0 Å². The number of H-pyrrole nitrogens is 2. The lowest BCUT2D eigenvalue weighted by molar-refractivity contribution is -0.0802. The molecule has 0 bridgehead atoms. The van der Waals surface area contributed by atoms with Gasteiger partial charge in [0.25, 0.3) is 5.56 Å². The molecule has 3 aromatic rings. The fourth-order valence-electron chi connectivity index (χ4n) is 4.42. The molecule has 0 amide bonds. The maximum Gasteiger partial charge on any atom is 0.349 e. The van der Waals surface area contributed by atoms with Gasteiger partial charge in [-0.2, -0.15) is 4.98 Å². The van der Waals surface area contributed by atoms with Gasteiger partial charge in [-0.25, -0.2) is 9.78 Å². The standard InChI is InChI=1S/C17H20N4O6.C10H12N2O/c1-7-3-9-10(4-8(7)2)21(5-11(23)14(25)12(24)6-22)15-13(18-9)16(26)20-17(27)19-15;11-4-3-7-6-12-10-2-1-8(13)5-9(7)10/h3-4,11-12,14,22-25H,5-6H2,1-2H3,(H,20,26,27);1-2,5-6,12-13H,3-4,11H2. The molecule has 2 aromatic carbocycles. The van der Waals surface area contributed by atoms with Gasteiger partial charge < -0.3 is 40.8 Å². The number of aromatic hydroxyl groups is 1. The van der Waals surface area contributed by atoms with E-state index < -0.39 is 36.2 Å². The second kappa shape index (κ2) is 11.9. The average Bonchev–Trinajstić information content (AvgIpc) is 3.31. The minimum Gasteiger partial charge on any atom is -0.508 e. The maximum atomic E-state index is 12.2. The minimum atomic E-state index is -1.64. The average molecular weight is 553 g/mol. The lowest BCUT2D eigenvalue weighted by Crippen LogP contribution is -2.42.